The maximum absolute atomic E-state index is 10.6. The molecule has 0 bridgehead atoms. The Kier molecular flexibility index (Phi) is 3.33. The minimum atomic E-state index is -0.827. The number of aryl methyl sites for hydroxylation is 1. The Hall–Kier alpha value is -1.55. The molecule has 0 spiro atoms. The summed E-state index contributed by atoms with van der Waals surface area (Å²) in [6.45, 7) is 5.39. The molecule has 1 aliphatic heterocycles. The molecular weight excluding hydrogens is 216 g/mol. The average molecular weight is 234 g/mol. The Balaban J connectivity index is 1.89. The van der Waals surface area contributed by atoms with E-state index in [1.807, 2.05) is 12.1 Å². The zero-order chi connectivity index (χ0) is 12.4. The highest BCUT2D eigenvalue weighted by Crippen LogP contribution is 2.19. The Bertz CT molecular complexity index is 414. The molecule has 1 atom stereocenters. The van der Waals surface area contributed by atoms with Gasteiger partial charge >= 0.3 is 6.09 Å². The van der Waals surface area contributed by atoms with Crippen molar-refractivity contribution in [3.8, 4) is 0 Å². The summed E-state index contributed by atoms with van der Waals surface area (Å²) in [5, 5.41) is 12.2. The topological polar surface area (TPSA) is 52.6 Å². The fourth-order valence-electron chi connectivity index (χ4n) is 2.26. The zero-order valence-electron chi connectivity index (χ0n) is 10.2. The standard InChI is InChI=1S/C13H18N2O2/c1-9-5-3-4-6-12(9)10(2)14-11-7-15(8-11)13(16)17/h3-6,10-11,14H,7-8H2,1-2H3,(H,16,17). The molecule has 0 radical (unpaired) electrons. The van der Waals surface area contributed by atoms with E-state index in [1.165, 1.54) is 16.0 Å². The van der Waals surface area contributed by atoms with Crippen molar-refractivity contribution in [2.75, 3.05) is 13.1 Å². The molecule has 2 rings (SSSR count). The van der Waals surface area contributed by atoms with Crippen molar-refractivity contribution < 1.29 is 9.90 Å². The van der Waals surface area contributed by atoms with Crippen LogP contribution in [0, 0.1) is 6.92 Å². The van der Waals surface area contributed by atoms with Gasteiger partial charge < -0.3 is 15.3 Å². The monoisotopic (exact) mass is 234 g/mol. The van der Waals surface area contributed by atoms with Gasteiger partial charge in [0.05, 0.1) is 0 Å². The second kappa shape index (κ2) is 4.75. The molecule has 0 aromatic heterocycles. The molecule has 1 heterocycles. The molecule has 1 unspecified atom stereocenters. The van der Waals surface area contributed by atoms with Gasteiger partial charge in [0.25, 0.3) is 0 Å². The fraction of sp³-hybridized carbons (Fsp3) is 0.462. The van der Waals surface area contributed by atoms with Gasteiger partial charge in [-0.05, 0) is 25.0 Å². The number of nitrogens with zero attached hydrogens (tertiary/aromatic N) is 1. The van der Waals surface area contributed by atoms with Crippen molar-refractivity contribution in [3.05, 3.63) is 35.4 Å². The molecule has 4 heteroatoms. The van der Waals surface area contributed by atoms with Gasteiger partial charge in [0.1, 0.15) is 0 Å². The van der Waals surface area contributed by atoms with Crippen molar-refractivity contribution in [3.63, 3.8) is 0 Å². The van der Waals surface area contributed by atoms with Gasteiger partial charge in [-0.25, -0.2) is 4.79 Å². The zero-order valence-corrected chi connectivity index (χ0v) is 10.2. The Morgan fingerprint density at radius 2 is 2.12 bits per heavy atom. The van der Waals surface area contributed by atoms with Gasteiger partial charge in [-0.1, -0.05) is 24.3 Å². The number of carboxylic acid groups (broad SMARTS) is 1. The molecule has 92 valence electrons. The number of amides is 1. The molecule has 1 aliphatic rings. The van der Waals surface area contributed by atoms with Crippen molar-refractivity contribution >= 4 is 6.09 Å². The second-order valence-corrected chi connectivity index (χ2v) is 4.63. The van der Waals surface area contributed by atoms with Crippen LogP contribution in [0.4, 0.5) is 4.79 Å². The van der Waals surface area contributed by atoms with E-state index in [2.05, 4.69) is 31.3 Å². The summed E-state index contributed by atoms with van der Waals surface area (Å²) in [5.74, 6) is 0. The highest BCUT2D eigenvalue weighted by Gasteiger charge is 2.31. The first-order valence-electron chi connectivity index (χ1n) is 5.87. The van der Waals surface area contributed by atoms with Crippen LogP contribution in [0.3, 0.4) is 0 Å². The van der Waals surface area contributed by atoms with Gasteiger partial charge in [-0.2, -0.15) is 0 Å². The molecule has 0 saturated carbocycles. The van der Waals surface area contributed by atoms with E-state index >= 15 is 0 Å². The highest BCUT2D eigenvalue weighted by atomic mass is 16.4. The van der Waals surface area contributed by atoms with E-state index in [0.29, 0.717) is 13.1 Å². The third-order valence-electron chi connectivity index (χ3n) is 3.29. The van der Waals surface area contributed by atoms with Crippen LogP contribution in [0.5, 0.6) is 0 Å². The van der Waals surface area contributed by atoms with Crippen LogP contribution < -0.4 is 5.32 Å². The summed E-state index contributed by atoms with van der Waals surface area (Å²) in [5.41, 5.74) is 2.54. The van der Waals surface area contributed by atoms with Crippen molar-refractivity contribution in [1.29, 1.82) is 0 Å². The summed E-state index contributed by atoms with van der Waals surface area (Å²) >= 11 is 0. The van der Waals surface area contributed by atoms with Crippen LogP contribution in [-0.2, 0) is 0 Å². The third kappa shape index (κ3) is 2.58. The lowest BCUT2D eigenvalue weighted by atomic mass is 10.0. The molecule has 1 aromatic rings. The molecule has 1 amide bonds. The van der Waals surface area contributed by atoms with Crippen LogP contribution in [0.15, 0.2) is 24.3 Å². The van der Waals surface area contributed by atoms with Crippen LogP contribution in [0.1, 0.15) is 24.1 Å². The minimum Gasteiger partial charge on any atom is -0.465 e. The van der Waals surface area contributed by atoms with Crippen LogP contribution >= 0.6 is 0 Å². The summed E-state index contributed by atoms with van der Waals surface area (Å²) < 4.78 is 0. The van der Waals surface area contributed by atoms with E-state index in [0.717, 1.165) is 0 Å². The largest absolute Gasteiger partial charge is 0.465 e. The van der Waals surface area contributed by atoms with Crippen molar-refractivity contribution in [2.45, 2.75) is 25.9 Å². The normalized spacial score (nSPS) is 17.6. The van der Waals surface area contributed by atoms with E-state index < -0.39 is 6.09 Å². The quantitative estimate of drug-likeness (QED) is 0.841. The molecule has 0 aliphatic carbocycles. The Morgan fingerprint density at radius 3 is 2.71 bits per heavy atom. The Labute approximate surface area is 101 Å². The van der Waals surface area contributed by atoms with Gasteiger partial charge in [-0.15, -0.1) is 0 Å². The Morgan fingerprint density at radius 1 is 1.47 bits per heavy atom. The summed E-state index contributed by atoms with van der Waals surface area (Å²) in [6, 6.07) is 8.81. The van der Waals surface area contributed by atoms with Crippen LogP contribution in [0.2, 0.25) is 0 Å². The maximum Gasteiger partial charge on any atom is 0.407 e. The number of benzene rings is 1. The third-order valence-corrected chi connectivity index (χ3v) is 3.29. The number of hydrogen-bond donors (Lipinski definition) is 2. The lowest BCUT2D eigenvalue weighted by Crippen LogP contribution is -2.59. The van der Waals surface area contributed by atoms with Crippen molar-refractivity contribution in [1.82, 2.24) is 10.2 Å². The van der Waals surface area contributed by atoms with Gasteiger partial charge in [-0.3, -0.25) is 0 Å². The molecule has 1 aromatic carbocycles. The molecule has 2 N–H and O–H groups in total. The van der Waals surface area contributed by atoms with E-state index in [1.54, 1.807) is 0 Å². The van der Waals surface area contributed by atoms with E-state index in [4.69, 9.17) is 5.11 Å². The number of likely N-dealkylation sites (tertiary alicyclic amines) is 1. The van der Waals surface area contributed by atoms with Crippen molar-refractivity contribution in [2.24, 2.45) is 0 Å². The molecular formula is C13H18N2O2. The first kappa shape index (κ1) is 11.9. The summed E-state index contributed by atoms with van der Waals surface area (Å²) in [6.07, 6.45) is -0.827. The number of hydrogen-bond acceptors (Lipinski definition) is 2. The van der Waals surface area contributed by atoms with Gasteiger partial charge in [0.2, 0.25) is 0 Å². The number of rotatable bonds is 3. The second-order valence-electron chi connectivity index (χ2n) is 4.63. The first-order valence-corrected chi connectivity index (χ1v) is 5.87. The smallest absolute Gasteiger partial charge is 0.407 e. The molecule has 1 fully saturated rings. The van der Waals surface area contributed by atoms with E-state index in [-0.39, 0.29) is 12.1 Å². The van der Waals surface area contributed by atoms with Gasteiger partial charge in [0, 0.05) is 25.2 Å². The molecule has 17 heavy (non-hydrogen) atoms. The van der Waals surface area contributed by atoms with Crippen LogP contribution in [-0.4, -0.2) is 35.2 Å². The minimum absolute atomic E-state index is 0.261. The average Bonchev–Trinajstić information content (AvgIpc) is 2.22. The summed E-state index contributed by atoms with van der Waals surface area (Å²) in [7, 11) is 0. The lowest BCUT2D eigenvalue weighted by Gasteiger charge is -2.39. The SMILES string of the molecule is Cc1ccccc1C(C)NC1CN(C(=O)O)C1. The summed E-state index contributed by atoms with van der Waals surface area (Å²) in [4.78, 5) is 12.1. The highest BCUT2D eigenvalue weighted by molar-refractivity contribution is 5.66. The molecule has 4 nitrogen and oxygen atoms in total. The lowest BCUT2D eigenvalue weighted by molar-refractivity contribution is 0.0926. The predicted octanol–water partition coefficient (Wildman–Crippen LogP) is 2.01. The van der Waals surface area contributed by atoms with Gasteiger partial charge in [0.15, 0.2) is 0 Å². The maximum atomic E-state index is 10.6. The fourth-order valence-corrected chi connectivity index (χ4v) is 2.26. The first-order chi connectivity index (χ1) is 8.08. The van der Waals surface area contributed by atoms with Crippen LogP contribution in [0.25, 0.3) is 0 Å². The predicted molar refractivity (Wildman–Crippen MR) is 66.1 cm³/mol. The number of nitrogens with one attached hydrogen (secondary N) is 1. The number of carbonyl (C=O) groups is 1. The molecule has 1 saturated heterocycles. The van der Waals surface area contributed by atoms with E-state index in [9.17, 15) is 4.79 Å².